The van der Waals surface area contributed by atoms with Gasteiger partial charge in [-0.15, -0.1) is 0 Å². The summed E-state index contributed by atoms with van der Waals surface area (Å²) in [5.74, 6) is 0.809. The van der Waals surface area contributed by atoms with Crippen LogP contribution >= 0.6 is 0 Å². The molecule has 4 aromatic rings. The molecule has 0 saturated carbocycles. The maximum absolute atomic E-state index is 4.93. The Morgan fingerprint density at radius 2 is 1.87 bits per heavy atom. The van der Waals surface area contributed by atoms with Crippen LogP contribution < -0.4 is 0 Å². The van der Waals surface area contributed by atoms with Crippen LogP contribution in [0.1, 0.15) is 41.8 Å². The topological polar surface area (TPSA) is 68.3 Å². The summed E-state index contributed by atoms with van der Waals surface area (Å²) < 4.78 is 1.87. The molecule has 0 aliphatic carbocycles. The smallest absolute Gasteiger partial charge is 0.177 e. The van der Waals surface area contributed by atoms with Crippen molar-refractivity contribution in [3.05, 3.63) is 71.1 Å². The molecule has 152 valence electrons. The third-order valence-electron chi connectivity index (χ3n) is 5.11. The standard InChI is InChI=1S/C24H26N6/c1-5-6-7-14-25-22-16(2)8-9-19-10-11-20(27-23(19)22)12-13-21-28-24-18(4)26-15-17(3)30(24)29-21/h6-11,14-15H,5,12-13H2,1-4H3/b7-6+,25-14?. The van der Waals surface area contributed by atoms with Gasteiger partial charge in [0.1, 0.15) is 0 Å². The number of hydrogen-bond acceptors (Lipinski definition) is 5. The number of allylic oxidation sites excluding steroid dienone is 2. The molecule has 4 rings (SSSR count). The minimum absolute atomic E-state index is 0.725. The zero-order valence-corrected chi connectivity index (χ0v) is 17.9. The van der Waals surface area contributed by atoms with Crippen LogP contribution in [0.2, 0.25) is 0 Å². The Hall–Kier alpha value is -3.41. The van der Waals surface area contributed by atoms with Gasteiger partial charge in [0.2, 0.25) is 0 Å². The van der Waals surface area contributed by atoms with E-state index >= 15 is 0 Å². The minimum Gasteiger partial charge on any atom is -0.256 e. The zero-order chi connectivity index (χ0) is 21.1. The molecule has 3 aromatic heterocycles. The Bertz CT molecular complexity index is 1230. The van der Waals surface area contributed by atoms with Crippen molar-refractivity contribution in [1.82, 2.24) is 24.6 Å². The lowest BCUT2D eigenvalue weighted by Gasteiger charge is -2.07. The number of aromatic nitrogens is 5. The summed E-state index contributed by atoms with van der Waals surface area (Å²) in [4.78, 5) is 18.6. The fraction of sp³-hybridized carbons (Fsp3) is 0.292. The first kappa shape index (κ1) is 19.9. The van der Waals surface area contributed by atoms with Crippen LogP contribution in [0.25, 0.3) is 16.6 Å². The molecule has 6 heteroatoms. The Morgan fingerprint density at radius 3 is 2.67 bits per heavy atom. The summed E-state index contributed by atoms with van der Waals surface area (Å²) in [6.45, 7) is 8.13. The predicted octanol–water partition coefficient (Wildman–Crippen LogP) is 5.05. The van der Waals surface area contributed by atoms with E-state index in [1.165, 1.54) is 0 Å². The first-order chi connectivity index (χ1) is 14.6. The second kappa shape index (κ2) is 8.53. The molecule has 0 N–H and O–H groups in total. The van der Waals surface area contributed by atoms with Crippen LogP contribution in [0.3, 0.4) is 0 Å². The van der Waals surface area contributed by atoms with Gasteiger partial charge < -0.3 is 0 Å². The number of aliphatic imine (C=N–C) groups is 1. The molecule has 0 atom stereocenters. The second-order valence-electron chi connectivity index (χ2n) is 7.47. The van der Waals surface area contributed by atoms with E-state index < -0.39 is 0 Å². The number of fused-ring (bicyclic) bond motifs is 2. The molecule has 0 aliphatic rings. The van der Waals surface area contributed by atoms with Crippen molar-refractivity contribution in [2.45, 2.75) is 47.0 Å². The average molecular weight is 399 g/mol. The molecule has 3 heterocycles. The van der Waals surface area contributed by atoms with E-state index in [1.54, 1.807) is 0 Å². The first-order valence-corrected chi connectivity index (χ1v) is 10.3. The molecule has 0 spiro atoms. The Kier molecular flexibility index (Phi) is 5.65. The van der Waals surface area contributed by atoms with Crippen LogP contribution in [0, 0.1) is 20.8 Å². The third kappa shape index (κ3) is 3.99. The molecule has 0 aliphatic heterocycles. The maximum atomic E-state index is 4.93. The van der Waals surface area contributed by atoms with Crippen molar-refractivity contribution >= 4 is 28.5 Å². The fourth-order valence-electron chi connectivity index (χ4n) is 3.41. The zero-order valence-electron chi connectivity index (χ0n) is 17.9. The molecule has 1 aromatic carbocycles. The molecule has 0 bridgehead atoms. The quantitative estimate of drug-likeness (QED) is 0.426. The first-order valence-electron chi connectivity index (χ1n) is 10.3. The van der Waals surface area contributed by atoms with Gasteiger partial charge in [0.15, 0.2) is 11.5 Å². The van der Waals surface area contributed by atoms with Crippen LogP contribution in [-0.2, 0) is 12.8 Å². The van der Waals surface area contributed by atoms with Crippen LogP contribution in [0.15, 0.2) is 47.6 Å². The van der Waals surface area contributed by atoms with E-state index in [9.17, 15) is 0 Å². The number of benzene rings is 1. The van der Waals surface area contributed by atoms with Crippen LogP contribution in [0.4, 0.5) is 5.69 Å². The summed E-state index contributed by atoms with van der Waals surface area (Å²) in [7, 11) is 0. The molecule has 0 amide bonds. The largest absolute Gasteiger partial charge is 0.256 e. The van der Waals surface area contributed by atoms with Crippen molar-refractivity contribution in [2.75, 3.05) is 0 Å². The average Bonchev–Trinajstić information content (AvgIpc) is 3.19. The van der Waals surface area contributed by atoms with Gasteiger partial charge in [0.05, 0.1) is 22.6 Å². The lowest BCUT2D eigenvalue weighted by atomic mass is 10.1. The number of nitrogens with zero attached hydrogens (tertiary/aromatic N) is 6. The lowest BCUT2D eigenvalue weighted by molar-refractivity contribution is 0.808. The van der Waals surface area contributed by atoms with E-state index in [2.05, 4.69) is 64.2 Å². The summed E-state index contributed by atoms with van der Waals surface area (Å²) in [5, 5.41) is 5.74. The normalized spacial score (nSPS) is 12.1. The molecular weight excluding hydrogens is 372 g/mol. The van der Waals surface area contributed by atoms with Gasteiger partial charge >= 0.3 is 0 Å². The third-order valence-corrected chi connectivity index (χ3v) is 5.11. The number of pyridine rings is 1. The molecule has 0 fully saturated rings. The van der Waals surface area contributed by atoms with Crippen molar-refractivity contribution in [3.63, 3.8) is 0 Å². The molecule has 6 nitrogen and oxygen atoms in total. The molecule has 0 unspecified atom stereocenters. The van der Waals surface area contributed by atoms with Gasteiger partial charge in [-0.3, -0.25) is 15.0 Å². The summed E-state index contributed by atoms with van der Waals surface area (Å²) in [6.07, 6.45) is 10.2. The Labute approximate surface area is 176 Å². The second-order valence-corrected chi connectivity index (χ2v) is 7.47. The predicted molar refractivity (Wildman–Crippen MR) is 122 cm³/mol. The van der Waals surface area contributed by atoms with Crippen molar-refractivity contribution in [3.8, 4) is 0 Å². The summed E-state index contributed by atoms with van der Waals surface area (Å²) in [6, 6.07) is 8.40. The lowest BCUT2D eigenvalue weighted by Crippen LogP contribution is -1.99. The van der Waals surface area contributed by atoms with Crippen molar-refractivity contribution < 1.29 is 0 Å². The highest BCUT2D eigenvalue weighted by atomic mass is 15.3. The van der Waals surface area contributed by atoms with Gasteiger partial charge in [-0.25, -0.2) is 9.50 Å². The maximum Gasteiger partial charge on any atom is 0.177 e. The highest BCUT2D eigenvalue weighted by molar-refractivity contribution is 5.93. The monoisotopic (exact) mass is 398 g/mol. The number of aryl methyl sites for hydroxylation is 5. The van der Waals surface area contributed by atoms with Gasteiger partial charge in [-0.2, -0.15) is 5.10 Å². The van der Waals surface area contributed by atoms with E-state index in [0.29, 0.717) is 0 Å². The molecule has 0 radical (unpaired) electrons. The number of rotatable bonds is 6. The van der Waals surface area contributed by atoms with E-state index in [4.69, 9.17) is 4.98 Å². The SMILES string of the molecule is CC/C=C/C=Nc1c(C)ccc2ccc(CCc3nc4c(C)ncc(C)n4n3)nc12. The van der Waals surface area contributed by atoms with Gasteiger partial charge in [0.25, 0.3) is 0 Å². The van der Waals surface area contributed by atoms with Gasteiger partial charge in [0, 0.05) is 29.9 Å². The van der Waals surface area contributed by atoms with Crippen molar-refractivity contribution in [1.29, 1.82) is 0 Å². The molecular formula is C24H26N6. The van der Waals surface area contributed by atoms with Crippen molar-refractivity contribution in [2.24, 2.45) is 4.99 Å². The van der Waals surface area contributed by atoms with E-state index in [0.717, 1.165) is 70.0 Å². The molecule has 30 heavy (non-hydrogen) atoms. The number of hydrogen-bond donors (Lipinski definition) is 0. The van der Waals surface area contributed by atoms with Crippen LogP contribution in [-0.4, -0.2) is 30.8 Å². The summed E-state index contributed by atoms with van der Waals surface area (Å²) in [5.41, 5.74) is 6.69. The Balaban J connectivity index is 1.62. The van der Waals surface area contributed by atoms with Crippen LogP contribution in [0.5, 0.6) is 0 Å². The van der Waals surface area contributed by atoms with E-state index in [-0.39, 0.29) is 0 Å². The highest BCUT2D eigenvalue weighted by Crippen LogP contribution is 2.28. The Morgan fingerprint density at radius 1 is 1.03 bits per heavy atom. The minimum atomic E-state index is 0.725. The summed E-state index contributed by atoms with van der Waals surface area (Å²) >= 11 is 0. The van der Waals surface area contributed by atoms with Gasteiger partial charge in [-0.1, -0.05) is 31.2 Å². The molecule has 0 saturated heterocycles. The van der Waals surface area contributed by atoms with E-state index in [1.807, 2.05) is 36.9 Å². The highest BCUT2D eigenvalue weighted by Gasteiger charge is 2.11. The fourth-order valence-corrected chi connectivity index (χ4v) is 3.41. The van der Waals surface area contributed by atoms with Gasteiger partial charge in [-0.05, 0) is 51.3 Å².